The van der Waals surface area contributed by atoms with Crippen molar-refractivity contribution in [1.29, 1.82) is 0 Å². The Kier molecular flexibility index (Phi) is 5.49. The molecule has 1 aliphatic rings. The molecule has 130 valence electrons. The molecule has 0 saturated heterocycles. The van der Waals surface area contributed by atoms with Crippen LogP contribution < -0.4 is 9.47 Å². The number of carbonyl (C=O) groups excluding carboxylic acids is 2. The van der Waals surface area contributed by atoms with Crippen LogP contribution >= 0.6 is 0 Å². The van der Waals surface area contributed by atoms with E-state index in [9.17, 15) is 9.59 Å². The van der Waals surface area contributed by atoms with Gasteiger partial charge < -0.3 is 9.47 Å². The van der Waals surface area contributed by atoms with Crippen LogP contribution in [-0.2, 0) is 4.79 Å². The van der Waals surface area contributed by atoms with Crippen molar-refractivity contribution in [2.75, 3.05) is 0 Å². The molecule has 4 heteroatoms. The van der Waals surface area contributed by atoms with Gasteiger partial charge in [0.2, 0.25) is 0 Å². The molecular formula is C21H22O4. The lowest BCUT2D eigenvalue weighted by Gasteiger charge is -2.19. The van der Waals surface area contributed by atoms with Crippen LogP contribution in [0.1, 0.15) is 48.0 Å². The average molecular weight is 338 g/mol. The van der Waals surface area contributed by atoms with E-state index in [1.54, 1.807) is 36.4 Å². The molecule has 0 amide bonds. The summed E-state index contributed by atoms with van der Waals surface area (Å²) in [5.41, 5.74) is 1.52. The van der Waals surface area contributed by atoms with Gasteiger partial charge >= 0.3 is 11.9 Å². The lowest BCUT2D eigenvalue weighted by atomic mass is 9.89. The minimum Gasteiger partial charge on any atom is -0.426 e. The van der Waals surface area contributed by atoms with Crippen LogP contribution in [0.5, 0.6) is 11.5 Å². The molecule has 25 heavy (non-hydrogen) atoms. The van der Waals surface area contributed by atoms with Gasteiger partial charge in [0.05, 0.1) is 11.5 Å². The number of hydrogen-bond donors (Lipinski definition) is 0. The van der Waals surface area contributed by atoms with Crippen molar-refractivity contribution >= 4 is 11.9 Å². The van der Waals surface area contributed by atoms with E-state index in [0.717, 1.165) is 31.2 Å². The van der Waals surface area contributed by atoms with E-state index < -0.39 is 5.97 Å². The molecule has 2 aromatic rings. The van der Waals surface area contributed by atoms with Gasteiger partial charge in [-0.25, -0.2) is 4.79 Å². The number of hydrogen-bond acceptors (Lipinski definition) is 4. The van der Waals surface area contributed by atoms with Gasteiger partial charge in [0, 0.05) is 0 Å². The van der Waals surface area contributed by atoms with Crippen molar-refractivity contribution in [2.24, 2.45) is 5.92 Å². The third-order valence-electron chi connectivity index (χ3n) is 4.48. The van der Waals surface area contributed by atoms with Gasteiger partial charge in [-0.05, 0) is 56.2 Å². The van der Waals surface area contributed by atoms with E-state index in [4.69, 9.17) is 9.47 Å². The molecule has 2 aromatic carbocycles. The second-order valence-corrected chi connectivity index (χ2v) is 6.48. The molecule has 0 unspecified atom stereocenters. The summed E-state index contributed by atoms with van der Waals surface area (Å²) < 4.78 is 10.8. The Morgan fingerprint density at radius 3 is 2.00 bits per heavy atom. The smallest absolute Gasteiger partial charge is 0.343 e. The summed E-state index contributed by atoms with van der Waals surface area (Å²) in [5.74, 6) is 0.356. The van der Waals surface area contributed by atoms with Crippen LogP contribution in [-0.4, -0.2) is 11.9 Å². The number of rotatable bonds is 4. The van der Waals surface area contributed by atoms with Gasteiger partial charge in [0.25, 0.3) is 0 Å². The molecule has 0 N–H and O–H groups in total. The molecule has 1 aliphatic carbocycles. The number of carbonyl (C=O) groups is 2. The van der Waals surface area contributed by atoms with Crippen molar-refractivity contribution in [2.45, 2.75) is 39.0 Å². The molecule has 0 aliphatic heterocycles. The minimum atomic E-state index is -0.436. The van der Waals surface area contributed by atoms with Crippen LogP contribution in [0.25, 0.3) is 0 Å². The van der Waals surface area contributed by atoms with Gasteiger partial charge in [-0.15, -0.1) is 0 Å². The first-order chi connectivity index (χ1) is 12.1. The van der Waals surface area contributed by atoms with Crippen LogP contribution in [0.15, 0.2) is 48.5 Å². The first-order valence-corrected chi connectivity index (χ1v) is 8.72. The van der Waals surface area contributed by atoms with Crippen molar-refractivity contribution < 1.29 is 19.1 Å². The van der Waals surface area contributed by atoms with E-state index in [1.165, 1.54) is 6.42 Å². The highest BCUT2D eigenvalue weighted by Crippen LogP contribution is 2.26. The summed E-state index contributed by atoms with van der Waals surface area (Å²) in [7, 11) is 0. The summed E-state index contributed by atoms with van der Waals surface area (Å²) in [6.07, 6.45) is 5.17. The topological polar surface area (TPSA) is 52.6 Å². The SMILES string of the molecule is Cc1ccc(OC(=O)c2ccc(OC(=O)C3CCCCC3)cc2)cc1. The molecule has 0 heterocycles. The Hall–Kier alpha value is -2.62. The van der Waals surface area contributed by atoms with E-state index in [2.05, 4.69) is 0 Å². The fourth-order valence-corrected chi connectivity index (χ4v) is 2.97. The summed E-state index contributed by atoms with van der Waals surface area (Å²) in [4.78, 5) is 24.3. The number of aryl methyl sites for hydroxylation is 1. The largest absolute Gasteiger partial charge is 0.426 e. The Labute approximate surface area is 147 Å². The highest BCUT2D eigenvalue weighted by atomic mass is 16.5. The van der Waals surface area contributed by atoms with Gasteiger partial charge in [0.1, 0.15) is 11.5 Å². The molecule has 1 saturated carbocycles. The van der Waals surface area contributed by atoms with E-state index >= 15 is 0 Å². The quantitative estimate of drug-likeness (QED) is 0.599. The Morgan fingerprint density at radius 2 is 1.36 bits per heavy atom. The zero-order chi connectivity index (χ0) is 17.6. The summed E-state index contributed by atoms with van der Waals surface area (Å²) in [6.45, 7) is 1.97. The number of esters is 2. The Bertz CT molecular complexity index is 725. The van der Waals surface area contributed by atoms with Crippen LogP contribution in [0.3, 0.4) is 0 Å². The predicted octanol–water partition coefficient (Wildman–Crippen LogP) is 4.70. The Morgan fingerprint density at radius 1 is 0.800 bits per heavy atom. The van der Waals surface area contributed by atoms with Crippen molar-refractivity contribution in [3.05, 3.63) is 59.7 Å². The summed E-state index contributed by atoms with van der Waals surface area (Å²) in [6, 6.07) is 13.8. The fourth-order valence-electron chi connectivity index (χ4n) is 2.97. The third kappa shape index (κ3) is 4.69. The average Bonchev–Trinajstić information content (AvgIpc) is 2.65. The highest BCUT2D eigenvalue weighted by Gasteiger charge is 2.23. The van der Waals surface area contributed by atoms with Gasteiger partial charge in [0.15, 0.2) is 0 Å². The first kappa shape index (κ1) is 17.2. The maximum absolute atomic E-state index is 12.1. The lowest BCUT2D eigenvalue weighted by Crippen LogP contribution is -2.22. The van der Waals surface area contributed by atoms with Gasteiger partial charge in [-0.3, -0.25) is 4.79 Å². The number of ether oxygens (including phenoxy) is 2. The minimum absolute atomic E-state index is 0.0000656. The van der Waals surface area contributed by atoms with Crippen molar-refractivity contribution in [1.82, 2.24) is 0 Å². The molecule has 1 fully saturated rings. The van der Waals surface area contributed by atoms with E-state index in [1.807, 2.05) is 19.1 Å². The predicted molar refractivity (Wildman–Crippen MR) is 94.8 cm³/mol. The van der Waals surface area contributed by atoms with Gasteiger partial charge in [-0.2, -0.15) is 0 Å². The highest BCUT2D eigenvalue weighted by molar-refractivity contribution is 5.91. The van der Waals surface area contributed by atoms with Crippen LogP contribution in [0, 0.1) is 12.8 Å². The maximum Gasteiger partial charge on any atom is 0.343 e. The van der Waals surface area contributed by atoms with Crippen LogP contribution in [0.2, 0.25) is 0 Å². The van der Waals surface area contributed by atoms with Crippen molar-refractivity contribution in [3.8, 4) is 11.5 Å². The zero-order valence-electron chi connectivity index (χ0n) is 14.4. The standard InChI is InChI=1S/C21H22O4/c1-15-7-11-18(12-8-15)24-21(23)17-9-13-19(14-10-17)25-20(22)16-5-3-2-4-6-16/h7-14,16H,2-6H2,1H3. The van der Waals surface area contributed by atoms with Crippen LogP contribution in [0.4, 0.5) is 0 Å². The second kappa shape index (κ2) is 7.97. The fraction of sp³-hybridized carbons (Fsp3) is 0.333. The molecule has 3 rings (SSSR count). The molecule has 0 radical (unpaired) electrons. The monoisotopic (exact) mass is 338 g/mol. The number of benzene rings is 2. The van der Waals surface area contributed by atoms with Crippen molar-refractivity contribution in [3.63, 3.8) is 0 Å². The van der Waals surface area contributed by atoms with Gasteiger partial charge in [-0.1, -0.05) is 37.0 Å². The lowest BCUT2D eigenvalue weighted by molar-refractivity contribution is -0.139. The molecule has 0 bridgehead atoms. The normalized spacial score (nSPS) is 14.8. The summed E-state index contributed by atoms with van der Waals surface area (Å²) in [5, 5.41) is 0. The molecule has 4 nitrogen and oxygen atoms in total. The van der Waals surface area contributed by atoms with E-state index in [0.29, 0.717) is 17.1 Å². The zero-order valence-corrected chi connectivity index (χ0v) is 14.4. The molecule has 0 spiro atoms. The Balaban J connectivity index is 1.58. The molecular weight excluding hydrogens is 316 g/mol. The molecule has 0 aromatic heterocycles. The maximum atomic E-state index is 12.1. The van der Waals surface area contributed by atoms with E-state index in [-0.39, 0.29) is 11.9 Å². The summed E-state index contributed by atoms with van der Waals surface area (Å²) >= 11 is 0. The third-order valence-corrected chi connectivity index (χ3v) is 4.48. The second-order valence-electron chi connectivity index (χ2n) is 6.48. The first-order valence-electron chi connectivity index (χ1n) is 8.72. The molecule has 0 atom stereocenters.